The number of nitrogens with one attached hydrogen (secondary N) is 2. The molecule has 3 aromatic carbocycles. The van der Waals surface area contributed by atoms with Gasteiger partial charge in [-0.25, -0.2) is 0 Å². The number of hydrogen-bond donors (Lipinski definition) is 3. The molecule has 0 atom stereocenters. The third-order valence-electron chi connectivity index (χ3n) is 8.35. The second-order valence-corrected chi connectivity index (χ2v) is 11.7. The Labute approximate surface area is 256 Å². The van der Waals surface area contributed by atoms with Crippen LogP contribution in [-0.4, -0.2) is 59.2 Å². The Morgan fingerprint density at radius 2 is 1.77 bits per heavy atom. The number of nitrogens with two attached hydrogens (primary N) is 1. The van der Waals surface area contributed by atoms with Crippen molar-refractivity contribution >= 4 is 35.0 Å². The number of anilines is 2. The minimum absolute atomic E-state index is 0.0705. The van der Waals surface area contributed by atoms with Crippen LogP contribution in [0.15, 0.2) is 60.7 Å². The van der Waals surface area contributed by atoms with Gasteiger partial charge in [-0.05, 0) is 97.8 Å². The van der Waals surface area contributed by atoms with E-state index in [2.05, 4.69) is 10.6 Å². The van der Waals surface area contributed by atoms with Crippen molar-refractivity contribution < 1.29 is 23.9 Å². The highest BCUT2D eigenvalue weighted by Gasteiger charge is 2.33. The predicted octanol–water partition coefficient (Wildman–Crippen LogP) is 4.09. The van der Waals surface area contributed by atoms with Crippen LogP contribution in [0, 0.1) is 0 Å². The quantitative estimate of drug-likeness (QED) is 0.303. The summed E-state index contributed by atoms with van der Waals surface area (Å²) in [5.74, 6) is 0.0985. The topological polar surface area (TPSA) is 134 Å². The molecule has 10 heteroatoms. The fourth-order valence-electron chi connectivity index (χ4n) is 5.71. The van der Waals surface area contributed by atoms with E-state index in [0.717, 1.165) is 43.2 Å². The van der Waals surface area contributed by atoms with Gasteiger partial charge < -0.3 is 30.9 Å². The van der Waals surface area contributed by atoms with E-state index >= 15 is 0 Å². The lowest BCUT2D eigenvalue weighted by Gasteiger charge is -2.29. The molecule has 2 heterocycles. The van der Waals surface area contributed by atoms with Crippen LogP contribution in [0.25, 0.3) is 0 Å². The second kappa shape index (κ2) is 12.9. The van der Waals surface area contributed by atoms with Crippen molar-refractivity contribution in [3.05, 3.63) is 88.5 Å². The van der Waals surface area contributed by atoms with Crippen LogP contribution >= 0.6 is 0 Å². The molecule has 1 saturated carbocycles. The molecule has 2 aliphatic heterocycles. The van der Waals surface area contributed by atoms with Crippen LogP contribution in [0.5, 0.6) is 5.75 Å². The highest BCUT2D eigenvalue weighted by Crippen LogP contribution is 2.33. The van der Waals surface area contributed by atoms with Gasteiger partial charge in [0.1, 0.15) is 5.75 Å². The molecular weight excluding hydrogens is 558 g/mol. The number of unbranched alkanes of at least 4 members (excludes halogenated alkanes) is 1. The van der Waals surface area contributed by atoms with Crippen LogP contribution in [0.1, 0.15) is 69.5 Å². The van der Waals surface area contributed by atoms with Gasteiger partial charge in [0.2, 0.25) is 5.91 Å². The fraction of sp³-hybridized carbons (Fsp3) is 0.353. The van der Waals surface area contributed by atoms with Crippen LogP contribution < -0.4 is 21.1 Å². The van der Waals surface area contributed by atoms with E-state index < -0.39 is 0 Å². The van der Waals surface area contributed by atoms with Gasteiger partial charge in [0.05, 0.1) is 5.69 Å². The third kappa shape index (κ3) is 6.75. The molecule has 228 valence electrons. The number of benzene rings is 3. The van der Waals surface area contributed by atoms with Gasteiger partial charge in [-0.1, -0.05) is 18.2 Å². The SMILES string of the molecule is NCCCCC(=O)N1CCc2ccc(NC(=O)c3ccc(CN(C(=O)c4ccc5c(c4)OCC(=O)N5)C4CC4)cc3)cc2C1. The molecule has 1 fully saturated rings. The summed E-state index contributed by atoms with van der Waals surface area (Å²) in [5.41, 5.74) is 11.0. The van der Waals surface area contributed by atoms with Gasteiger partial charge in [-0.3, -0.25) is 19.2 Å². The van der Waals surface area contributed by atoms with Crippen molar-refractivity contribution in [2.45, 2.75) is 57.7 Å². The fourth-order valence-corrected chi connectivity index (χ4v) is 5.71. The molecule has 4 amide bonds. The molecule has 6 rings (SSSR count). The zero-order valence-corrected chi connectivity index (χ0v) is 24.6. The van der Waals surface area contributed by atoms with Gasteiger partial charge >= 0.3 is 0 Å². The van der Waals surface area contributed by atoms with Crippen LogP contribution in [0.4, 0.5) is 11.4 Å². The Morgan fingerprint density at radius 3 is 2.55 bits per heavy atom. The van der Waals surface area contributed by atoms with Gasteiger partial charge in [-0.2, -0.15) is 0 Å². The molecule has 1 aliphatic carbocycles. The molecule has 10 nitrogen and oxygen atoms in total. The zero-order chi connectivity index (χ0) is 30.6. The van der Waals surface area contributed by atoms with Gasteiger partial charge in [0, 0.05) is 48.9 Å². The minimum atomic E-state index is -0.224. The number of hydrogen-bond acceptors (Lipinski definition) is 6. The molecule has 44 heavy (non-hydrogen) atoms. The number of carbonyl (C=O) groups excluding carboxylic acids is 4. The molecule has 0 spiro atoms. The van der Waals surface area contributed by atoms with E-state index in [1.54, 1.807) is 30.3 Å². The monoisotopic (exact) mass is 595 g/mol. The lowest BCUT2D eigenvalue weighted by molar-refractivity contribution is -0.132. The number of fused-ring (bicyclic) bond motifs is 2. The number of ether oxygens (including phenoxy) is 1. The first-order chi connectivity index (χ1) is 21.4. The number of nitrogens with zero attached hydrogens (tertiary/aromatic N) is 2. The molecule has 0 aromatic heterocycles. The van der Waals surface area contributed by atoms with E-state index in [9.17, 15) is 19.2 Å². The summed E-state index contributed by atoms with van der Waals surface area (Å²) >= 11 is 0. The highest BCUT2D eigenvalue weighted by molar-refractivity contribution is 6.04. The Hall–Kier alpha value is -4.70. The smallest absolute Gasteiger partial charge is 0.262 e. The van der Waals surface area contributed by atoms with E-state index in [1.807, 2.05) is 40.1 Å². The maximum absolute atomic E-state index is 13.5. The molecule has 3 aliphatic rings. The Kier molecular flexibility index (Phi) is 8.60. The minimum Gasteiger partial charge on any atom is -0.482 e. The molecule has 4 N–H and O–H groups in total. The van der Waals surface area contributed by atoms with Crippen molar-refractivity contribution in [3.8, 4) is 5.75 Å². The normalized spacial score (nSPS) is 15.4. The van der Waals surface area contributed by atoms with Crippen molar-refractivity contribution in [2.24, 2.45) is 5.73 Å². The summed E-state index contributed by atoms with van der Waals surface area (Å²) in [7, 11) is 0. The average Bonchev–Trinajstić information content (AvgIpc) is 3.88. The van der Waals surface area contributed by atoms with Crippen molar-refractivity contribution in [2.75, 3.05) is 30.3 Å². The van der Waals surface area contributed by atoms with Crippen molar-refractivity contribution in [1.29, 1.82) is 0 Å². The molecule has 0 radical (unpaired) electrons. The maximum Gasteiger partial charge on any atom is 0.262 e. The standard InChI is InChI=1S/C34H37N5O5/c35-15-2-1-3-32(41)38-16-14-23-8-10-27(17-26(23)20-38)36-33(42)24-6-4-22(5-7-24)19-39(28-11-12-28)34(43)25-9-13-29-30(18-25)44-21-31(40)37-29/h4-10,13,17-18,28H,1-3,11-12,14-16,19-21,35H2,(H,36,42)(H,37,40). The first kappa shape index (κ1) is 29.4. The highest BCUT2D eigenvalue weighted by atomic mass is 16.5. The summed E-state index contributed by atoms with van der Waals surface area (Å²) in [6.45, 7) is 2.19. The number of rotatable bonds is 10. The summed E-state index contributed by atoms with van der Waals surface area (Å²) in [4.78, 5) is 54.5. The van der Waals surface area contributed by atoms with Crippen molar-refractivity contribution in [1.82, 2.24) is 9.80 Å². The van der Waals surface area contributed by atoms with E-state index in [-0.39, 0.29) is 36.3 Å². The van der Waals surface area contributed by atoms with E-state index in [4.69, 9.17) is 10.5 Å². The molecule has 0 saturated heterocycles. The Balaban J connectivity index is 1.08. The first-order valence-corrected chi connectivity index (χ1v) is 15.3. The van der Waals surface area contributed by atoms with Gasteiger partial charge in [0.25, 0.3) is 17.7 Å². The van der Waals surface area contributed by atoms with E-state index in [1.165, 1.54) is 5.56 Å². The Morgan fingerprint density at radius 1 is 0.977 bits per heavy atom. The van der Waals surface area contributed by atoms with Gasteiger partial charge in [0.15, 0.2) is 6.61 Å². The lowest BCUT2D eigenvalue weighted by atomic mass is 9.98. The predicted molar refractivity (Wildman–Crippen MR) is 166 cm³/mol. The molecular formula is C34H37N5O5. The zero-order valence-electron chi connectivity index (χ0n) is 24.6. The summed E-state index contributed by atoms with van der Waals surface area (Å²) in [5, 5.41) is 5.74. The van der Waals surface area contributed by atoms with Crippen LogP contribution in [0.2, 0.25) is 0 Å². The second-order valence-electron chi connectivity index (χ2n) is 11.7. The van der Waals surface area contributed by atoms with Crippen LogP contribution in [0.3, 0.4) is 0 Å². The average molecular weight is 596 g/mol. The van der Waals surface area contributed by atoms with Gasteiger partial charge in [-0.15, -0.1) is 0 Å². The molecule has 0 bridgehead atoms. The molecule has 0 unspecified atom stereocenters. The van der Waals surface area contributed by atoms with E-state index in [0.29, 0.717) is 60.9 Å². The lowest BCUT2D eigenvalue weighted by Crippen LogP contribution is -2.35. The summed E-state index contributed by atoms with van der Waals surface area (Å²) in [6, 6.07) is 18.4. The Bertz CT molecular complexity index is 1580. The molecule has 3 aromatic rings. The summed E-state index contributed by atoms with van der Waals surface area (Å²) in [6.07, 6.45) is 4.85. The first-order valence-electron chi connectivity index (χ1n) is 15.3. The largest absolute Gasteiger partial charge is 0.482 e. The summed E-state index contributed by atoms with van der Waals surface area (Å²) < 4.78 is 5.50. The van der Waals surface area contributed by atoms with Crippen LogP contribution in [-0.2, 0) is 29.1 Å². The maximum atomic E-state index is 13.5. The third-order valence-corrected chi connectivity index (χ3v) is 8.35. The number of carbonyl (C=O) groups is 4. The van der Waals surface area contributed by atoms with Crippen molar-refractivity contribution in [3.63, 3.8) is 0 Å². The number of amides is 4.